The SMILES string of the molecule is O=C(Nc1cnc(-c2cccc3ccccc23)o1)C(F)(F)F. The van der Waals surface area contributed by atoms with E-state index >= 15 is 0 Å². The number of halogens is 3. The van der Waals surface area contributed by atoms with Crippen molar-refractivity contribution in [1.82, 2.24) is 4.98 Å². The van der Waals surface area contributed by atoms with Crippen LogP contribution in [0.2, 0.25) is 0 Å². The number of carbonyl (C=O) groups excluding carboxylic acids is 1. The minimum Gasteiger partial charge on any atom is -0.420 e. The van der Waals surface area contributed by atoms with E-state index in [0.29, 0.717) is 5.56 Å². The zero-order chi connectivity index (χ0) is 15.7. The van der Waals surface area contributed by atoms with Gasteiger partial charge in [-0.1, -0.05) is 36.4 Å². The molecule has 0 saturated heterocycles. The molecule has 3 rings (SSSR count). The summed E-state index contributed by atoms with van der Waals surface area (Å²) in [5.74, 6) is -2.33. The molecule has 1 N–H and O–H groups in total. The Kier molecular flexibility index (Phi) is 3.32. The normalized spacial score (nSPS) is 11.6. The third-order valence-corrected chi connectivity index (χ3v) is 3.02. The van der Waals surface area contributed by atoms with Crippen LogP contribution in [0.3, 0.4) is 0 Å². The van der Waals surface area contributed by atoms with E-state index < -0.39 is 12.1 Å². The second kappa shape index (κ2) is 5.18. The van der Waals surface area contributed by atoms with E-state index in [-0.39, 0.29) is 11.8 Å². The Morgan fingerprint density at radius 1 is 1.09 bits per heavy atom. The molecule has 0 aliphatic carbocycles. The van der Waals surface area contributed by atoms with E-state index in [1.807, 2.05) is 30.3 Å². The number of fused-ring (bicyclic) bond motifs is 1. The molecular formula is C15H9F3N2O2. The lowest BCUT2D eigenvalue weighted by Gasteiger charge is -2.05. The minimum absolute atomic E-state index is 0.134. The molecule has 112 valence electrons. The Labute approximate surface area is 122 Å². The molecule has 3 aromatic rings. The van der Waals surface area contributed by atoms with Crippen molar-refractivity contribution < 1.29 is 22.4 Å². The molecule has 0 unspecified atom stereocenters. The summed E-state index contributed by atoms with van der Waals surface area (Å²) in [4.78, 5) is 14.8. The number of carbonyl (C=O) groups is 1. The number of oxazole rings is 1. The van der Waals surface area contributed by atoms with Gasteiger partial charge in [-0.15, -0.1) is 0 Å². The van der Waals surface area contributed by atoms with Gasteiger partial charge < -0.3 is 4.42 Å². The van der Waals surface area contributed by atoms with Crippen molar-refractivity contribution in [1.29, 1.82) is 0 Å². The molecule has 0 aliphatic rings. The van der Waals surface area contributed by atoms with Crippen LogP contribution in [0, 0.1) is 0 Å². The van der Waals surface area contributed by atoms with Crippen LogP contribution < -0.4 is 5.32 Å². The first-order chi connectivity index (χ1) is 10.4. The predicted molar refractivity (Wildman–Crippen MR) is 74.1 cm³/mol. The first-order valence-corrected chi connectivity index (χ1v) is 6.27. The fourth-order valence-corrected chi connectivity index (χ4v) is 2.05. The summed E-state index contributed by atoms with van der Waals surface area (Å²) in [5.41, 5.74) is 0.630. The minimum atomic E-state index is -4.98. The van der Waals surface area contributed by atoms with Gasteiger partial charge in [0.05, 0.1) is 6.20 Å². The molecule has 0 atom stereocenters. The van der Waals surface area contributed by atoms with E-state index in [2.05, 4.69) is 4.98 Å². The third kappa shape index (κ3) is 2.65. The summed E-state index contributed by atoms with van der Waals surface area (Å²) in [6.45, 7) is 0. The quantitative estimate of drug-likeness (QED) is 0.778. The average Bonchev–Trinajstić information content (AvgIpc) is 2.94. The van der Waals surface area contributed by atoms with Crippen LogP contribution in [0.1, 0.15) is 0 Å². The maximum absolute atomic E-state index is 12.2. The van der Waals surface area contributed by atoms with Crippen molar-refractivity contribution in [3.8, 4) is 11.5 Å². The number of benzene rings is 2. The fourth-order valence-electron chi connectivity index (χ4n) is 2.05. The highest BCUT2D eigenvalue weighted by Gasteiger charge is 2.39. The predicted octanol–water partition coefficient (Wildman–Crippen LogP) is 4.00. The highest BCUT2D eigenvalue weighted by Crippen LogP contribution is 2.29. The number of amides is 1. The summed E-state index contributed by atoms with van der Waals surface area (Å²) in [6, 6.07) is 12.9. The first-order valence-electron chi connectivity index (χ1n) is 6.27. The van der Waals surface area contributed by atoms with Gasteiger partial charge in [-0.05, 0) is 16.8 Å². The van der Waals surface area contributed by atoms with Crippen LogP contribution in [-0.2, 0) is 4.79 Å². The molecule has 2 aromatic carbocycles. The molecule has 7 heteroatoms. The topological polar surface area (TPSA) is 55.1 Å². The number of hydrogen-bond donors (Lipinski definition) is 1. The number of hydrogen-bond acceptors (Lipinski definition) is 3. The van der Waals surface area contributed by atoms with Crippen molar-refractivity contribution in [2.75, 3.05) is 5.32 Å². The Morgan fingerprint density at radius 2 is 1.82 bits per heavy atom. The lowest BCUT2D eigenvalue weighted by molar-refractivity contribution is -0.167. The summed E-state index contributed by atoms with van der Waals surface area (Å²) in [6.07, 6.45) is -3.94. The number of anilines is 1. The Balaban J connectivity index is 1.95. The molecule has 1 aromatic heterocycles. The van der Waals surface area contributed by atoms with Crippen LogP contribution in [0.4, 0.5) is 19.1 Å². The van der Waals surface area contributed by atoms with Crippen molar-refractivity contribution in [3.63, 3.8) is 0 Å². The van der Waals surface area contributed by atoms with Gasteiger partial charge in [0.2, 0.25) is 11.8 Å². The van der Waals surface area contributed by atoms with Gasteiger partial charge in [0.1, 0.15) is 0 Å². The summed E-state index contributed by atoms with van der Waals surface area (Å²) in [7, 11) is 0. The van der Waals surface area contributed by atoms with Gasteiger partial charge in [-0.25, -0.2) is 4.98 Å². The summed E-state index contributed by atoms with van der Waals surface area (Å²) >= 11 is 0. The highest BCUT2D eigenvalue weighted by atomic mass is 19.4. The molecular weight excluding hydrogens is 297 g/mol. The maximum atomic E-state index is 12.2. The number of nitrogens with one attached hydrogen (secondary N) is 1. The van der Waals surface area contributed by atoms with E-state index in [4.69, 9.17) is 4.42 Å². The number of aromatic nitrogens is 1. The zero-order valence-corrected chi connectivity index (χ0v) is 11.0. The van der Waals surface area contributed by atoms with Gasteiger partial charge >= 0.3 is 12.1 Å². The van der Waals surface area contributed by atoms with Crippen LogP contribution in [0.15, 0.2) is 53.1 Å². The molecule has 0 aliphatic heterocycles. The third-order valence-electron chi connectivity index (χ3n) is 3.02. The molecule has 0 radical (unpaired) electrons. The summed E-state index contributed by atoms with van der Waals surface area (Å²) in [5, 5.41) is 3.42. The number of rotatable bonds is 2. The maximum Gasteiger partial charge on any atom is 0.471 e. The highest BCUT2D eigenvalue weighted by molar-refractivity contribution is 5.96. The molecule has 1 amide bonds. The fraction of sp³-hybridized carbons (Fsp3) is 0.0667. The van der Waals surface area contributed by atoms with Crippen molar-refractivity contribution in [2.24, 2.45) is 0 Å². The molecule has 1 heterocycles. The molecule has 0 bridgehead atoms. The van der Waals surface area contributed by atoms with Gasteiger partial charge in [0.15, 0.2) is 0 Å². The lowest BCUT2D eigenvalue weighted by Crippen LogP contribution is -2.29. The second-order valence-electron chi connectivity index (χ2n) is 4.51. The first kappa shape index (κ1) is 14.1. The Bertz CT molecular complexity index is 835. The second-order valence-corrected chi connectivity index (χ2v) is 4.51. The Hall–Kier alpha value is -2.83. The van der Waals surface area contributed by atoms with Crippen LogP contribution in [0.5, 0.6) is 0 Å². The average molecular weight is 306 g/mol. The molecule has 4 nitrogen and oxygen atoms in total. The van der Waals surface area contributed by atoms with Crippen LogP contribution >= 0.6 is 0 Å². The Morgan fingerprint density at radius 3 is 2.59 bits per heavy atom. The molecule has 22 heavy (non-hydrogen) atoms. The lowest BCUT2D eigenvalue weighted by atomic mass is 10.0. The van der Waals surface area contributed by atoms with Crippen molar-refractivity contribution in [2.45, 2.75) is 6.18 Å². The van der Waals surface area contributed by atoms with Crippen molar-refractivity contribution >= 4 is 22.6 Å². The molecule has 0 saturated carbocycles. The van der Waals surface area contributed by atoms with Crippen LogP contribution in [-0.4, -0.2) is 17.1 Å². The molecule has 0 fully saturated rings. The van der Waals surface area contributed by atoms with Crippen molar-refractivity contribution in [3.05, 3.63) is 48.7 Å². The zero-order valence-electron chi connectivity index (χ0n) is 11.0. The van der Waals surface area contributed by atoms with Gasteiger partial charge in [-0.3, -0.25) is 10.1 Å². The number of nitrogens with zero attached hydrogens (tertiary/aromatic N) is 1. The van der Waals surface area contributed by atoms with E-state index in [0.717, 1.165) is 17.0 Å². The monoisotopic (exact) mass is 306 g/mol. The van der Waals surface area contributed by atoms with Gasteiger partial charge in [0, 0.05) is 5.56 Å². The smallest absolute Gasteiger partial charge is 0.420 e. The van der Waals surface area contributed by atoms with E-state index in [9.17, 15) is 18.0 Å². The number of alkyl halides is 3. The standard InChI is InChI=1S/C15H9F3N2O2/c16-15(17,18)14(21)20-12-8-19-13(22-12)11-7-3-5-9-4-1-2-6-10(9)11/h1-8H,(H,20,21). The van der Waals surface area contributed by atoms with Crippen LogP contribution in [0.25, 0.3) is 22.2 Å². The van der Waals surface area contributed by atoms with E-state index in [1.165, 1.54) is 0 Å². The van der Waals surface area contributed by atoms with Gasteiger partial charge in [0.25, 0.3) is 0 Å². The summed E-state index contributed by atoms with van der Waals surface area (Å²) < 4.78 is 41.8. The van der Waals surface area contributed by atoms with E-state index in [1.54, 1.807) is 17.4 Å². The largest absolute Gasteiger partial charge is 0.471 e. The van der Waals surface area contributed by atoms with Gasteiger partial charge in [-0.2, -0.15) is 13.2 Å². The molecule has 0 spiro atoms.